The molecule has 6 nitrogen and oxygen atoms in total. The van der Waals surface area contributed by atoms with Crippen molar-refractivity contribution in [1.82, 2.24) is 9.97 Å². The molecule has 21 heavy (non-hydrogen) atoms. The fraction of sp³-hybridized carbons (Fsp3) is 0.0909. The van der Waals surface area contributed by atoms with E-state index in [4.69, 9.17) is 11.6 Å². The second-order valence-corrected chi connectivity index (χ2v) is 4.81. The molecular weight excluding hydrogens is 353 g/mol. The van der Waals surface area contributed by atoms with Crippen LogP contribution in [0, 0.1) is 0 Å². The Hall–Kier alpha value is -2.07. The van der Waals surface area contributed by atoms with Crippen LogP contribution in [0.5, 0.6) is 0 Å². The van der Waals surface area contributed by atoms with Crippen LogP contribution in [0.25, 0.3) is 0 Å². The van der Waals surface area contributed by atoms with Crippen molar-refractivity contribution in [3.8, 4) is 0 Å². The molecule has 10 heteroatoms. The van der Waals surface area contributed by atoms with Gasteiger partial charge in [0.05, 0.1) is 11.3 Å². The van der Waals surface area contributed by atoms with Crippen LogP contribution in [0.3, 0.4) is 0 Å². The van der Waals surface area contributed by atoms with Gasteiger partial charge in [0.15, 0.2) is 0 Å². The van der Waals surface area contributed by atoms with E-state index in [0.29, 0.717) is 4.47 Å². The molecule has 1 heterocycles. The predicted molar refractivity (Wildman–Crippen MR) is 76.7 cm³/mol. The van der Waals surface area contributed by atoms with E-state index in [1.54, 1.807) is 0 Å². The lowest BCUT2D eigenvalue weighted by Gasteiger charge is -2.13. The lowest BCUT2D eigenvalue weighted by atomic mass is 10.2. The quantitative estimate of drug-likeness (QED) is 0.494. The molecule has 0 aliphatic heterocycles. The number of halogens is 4. The predicted octanol–water partition coefficient (Wildman–Crippen LogP) is 2.87. The molecule has 1 aromatic heterocycles. The van der Waals surface area contributed by atoms with Crippen molar-refractivity contribution in [3.63, 3.8) is 0 Å². The van der Waals surface area contributed by atoms with Crippen molar-refractivity contribution < 1.29 is 13.2 Å². The number of benzene rings is 1. The monoisotopic (exact) mass is 362 g/mol. The molecule has 0 aliphatic carbocycles. The van der Waals surface area contributed by atoms with Gasteiger partial charge < -0.3 is 16.5 Å². The van der Waals surface area contributed by atoms with E-state index >= 15 is 0 Å². The first-order valence-corrected chi connectivity index (χ1v) is 6.34. The first-order valence-electron chi connectivity index (χ1n) is 5.54. The van der Waals surface area contributed by atoms with Gasteiger partial charge in [0, 0.05) is 10.5 Å². The minimum Gasteiger partial charge on any atom is -0.368 e. The number of nitrogen functional groups attached to an aromatic ring is 2. The van der Waals surface area contributed by atoms with Crippen LogP contribution in [0.1, 0.15) is 5.56 Å². The molecule has 0 atom stereocenters. The Bertz CT molecular complexity index is 661. The smallest absolute Gasteiger partial charge is 0.368 e. The maximum absolute atomic E-state index is 12.7. The molecule has 2 aromatic rings. The zero-order valence-corrected chi connectivity index (χ0v) is 12.0. The summed E-state index contributed by atoms with van der Waals surface area (Å²) in [6.45, 7) is 0. The summed E-state index contributed by atoms with van der Waals surface area (Å²) in [5.41, 5.74) is 7.16. The summed E-state index contributed by atoms with van der Waals surface area (Å²) in [6.07, 6.45) is -4.44. The summed E-state index contributed by atoms with van der Waals surface area (Å²) in [6, 6.07) is 4.62. The minimum atomic E-state index is -4.44. The Morgan fingerprint density at radius 2 is 1.76 bits per heavy atom. The molecule has 0 saturated heterocycles. The topological polar surface area (TPSA) is 102 Å². The normalized spacial score (nSPS) is 11.3. The zero-order chi connectivity index (χ0) is 15.6. The van der Waals surface area contributed by atoms with Gasteiger partial charge in [-0.15, -0.1) is 0 Å². The Balaban J connectivity index is 2.37. The van der Waals surface area contributed by atoms with Gasteiger partial charge in [0.2, 0.25) is 5.95 Å². The van der Waals surface area contributed by atoms with Gasteiger partial charge in [-0.3, -0.25) is 0 Å². The van der Waals surface area contributed by atoms with Gasteiger partial charge >= 0.3 is 6.18 Å². The maximum Gasteiger partial charge on any atom is 0.416 e. The number of alkyl halides is 3. The van der Waals surface area contributed by atoms with Gasteiger partial charge in [-0.05, 0) is 34.1 Å². The Morgan fingerprint density at radius 3 is 2.38 bits per heavy atom. The summed E-state index contributed by atoms with van der Waals surface area (Å²) >= 11 is 3.16. The first-order chi connectivity index (χ1) is 9.79. The second-order valence-electron chi connectivity index (χ2n) is 3.96. The maximum atomic E-state index is 12.7. The van der Waals surface area contributed by atoms with Crippen LogP contribution in [0.15, 0.2) is 28.7 Å². The van der Waals surface area contributed by atoms with Crippen molar-refractivity contribution in [2.75, 3.05) is 16.5 Å². The van der Waals surface area contributed by atoms with Crippen LogP contribution >= 0.6 is 15.9 Å². The average Bonchev–Trinajstić information content (AvgIpc) is 2.39. The fourth-order valence-corrected chi connectivity index (χ4v) is 1.88. The Labute approximate surface area is 125 Å². The van der Waals surface area contributed by atoms with Gasteiger partial charge in [0.25, 0.3) is 0 Å². The van der Waals surface area contributed by atoms with E-state index in [0.717, 1.165) is 12.1 Å². The number of rotatable bonds is 3. The largest absolute Gasteiger partial charge is 0.416 e. The summed E-state index contributed by atoms with van der Waals surface area (Å²) in [5.74, 6) is 5.57. The van der Waals surface area contributed by atoms with Gasteiger partial charge in [-0.25, -0.2) is 5.84 Å². The van der Waals surface area contributed by atoms with E-state index in [1.807, 2.05) is 0 Å². The molecule has 0 unspecified atom stereocenters. The molecule has 0 spiro atoms. The highest BCUT2D eigenvalue weighted by Gasteiger charge is 2.30. The third kappa shape index (κ3) is 3.73. The number of hydrazine groups is 1. The number of hydrogen-bond donors (Lipinski definition) is 4. The van der Waals surface area contributed by atoms with Crippen molar-refractivity contribution in [2.24, 2.45) is 5.84 Å². The summed E-state index contributed by atoms with van der Waals surface area (Å²) < 4.78 is 38.6. The lowest BCUT2D eigenvalue weighted by molar-refractivity contribution is -0.137. The van der Waals surface area contributed by atoms with E-state index in [-0.39, 0.29) is 23.3 Å². The van der Waals surface area contributed by atoms with Gasteiger partial charge in [-0.2, -0.15) is 23.1 Å². The lowest BCUT2D eigenvalue weighted by Crippen LogP contribution is -2.11. The molecular formula is C11H10BrF3N6. The van der Waals surface area contributed by atoms with Crippen LogP contribution in [0.4, 0.5) is 36.4 Å². The van der Waals surface area contributed by atoms with Crippen molar-refractivity contribution in [1.29, 1.82) is 0 Å². The number of anilines is 4. The van der Waals surface area contributed by atoms with Crippen molar-refractivity contribution in [2.45, 2.75) is 6.18 Å². The second kappa shape index (κ2) is 5.74. The highest BCUT2D eigenvalue weighted by molar-refractivity contribution is 9.10. The molecule has 0 fully saturated rings. The SMILES string of the molecule is NNc1cc(Nc2cc(C(F)(F)F)ccc2Br)nc(N)n1. The molecule has 0 bridgehead atoms. The first kappa shape index (κ1) is 15.3. The molecule has 0 saturated carbocycles. The fourth-order valence-electron chi connectivity index (χ4n) is 1.54. The summed E-state index contributed by atoms with van der Waals surface area (Å²) in [5, 5.41) is 2.73. The van der Waals surface area contributed by atoms with Gasteiger partial charge in [0.1, 0.15) is 11.6 Å². The summed E-state index contributed by atoms with van der Waals surface area (Å²) in [7, 11) is 0. The third-order valence-electron chi connectivity index (χ3n) is 2.45. The van der Waals surface area contributed by atoms with Crippen LogP contribution in [-0.4, -0.2) is 9.97 Å². The molecule has 112 valence electrons. The molecule has 6 N–H and O–H groups in total. The van der Waals surface area contributed by atoms with Crippen molar-refractivity contribution >= 4 is 39.2 Å². The molecule has 0 aliphatic rings. The third-order valence-corrected chi connectivity index (χ3v) is 3.14. The zero-order valence-electron chi connectivity index (χ0n) is 10.4. The van der Waals surface area contributed by atoms with Gasteiger partial charge in [-0.1, -0.05) is 0 Å². The number of hydrogen-bond acceptors (Lipinski definition) is 6. The summed E-state index contributed by atoms with van der Waals surface area (Å²) in [4.78, 5) is 7.64. The minimum absolute atomic E-state index is 0.0731. The molecule has 1 aromatic carbocycles. The van der Waals surface area contributed by atoms with E-state index in [2.05, 4.69) is 36.6 Å². The van der Waals surface area contributed by atoms with E-state index in [1.165, 1.54) is 12.1 Å². The number of nitrogens with one attached hydrogen (secondary N) is 2. The van der Waals surface area contributed by atoms with E-state index in [9.17, 15) is 13.2 Å². The standard InChI is InChI=1S/C11H10BrF3N6/c12-6-2-1-5(11(13,14)15)3-7(6)18-8-4-9(21-17)20-10(16)19-8/h1-4H,17H2,(H4,16,18,19,20,21). The highest BCUT2D eigenvalue weighted by atomic mass is 79.9. The number of nitrogens with zero attached hydrogens (tertiary/aromatic N) is 2. The van der Waals surface area contributed by atoms with Crippen molar-refractivity contribution in [3.05, 3.63) is 34.3 Å². The van der Waals surface area contributed by atoms with Crippen LogP contribution in [0.2, 0.25) is 0 Å². The molecule has 2 rings (SSSR count). The number of aromatic nitrogens is 2. The highest BCUT2D eigenvalue weighted by Crippen LogP contribution is 2.35. The van der Waals surface area contributed by atoms with Crippen LogP contribution in [-0.2, 0) is 6.18 Å². The van der Waals surface area contributed by atoms with E-state index < -0.39 is 11.7 Å². The Kier molecular flexibility index (Phi) is 4.19. The molecule has 0 radical (unpaired) electrons. The number of nitrogens with two attached hydrogens (primary N) is 2. The average molecular weight is 363 g/mol. The van der Waals surface area contributed by atoms with Crippen LogP contribution < -0.4 is 22.3 Å². The molecule has 0 amide bonds. The Morgan fingerprint density at radius 1 is 1.10 bits per heavy atom.